The van der Waals surface area contributed by atoms with E-state index < -0.39 is 0 Å². The Labute approximate surface area is 132 Å². The van der Waals surface area contributed by atoms with Crippen LogP contribution in [0.5, 0.6) is 0 Å². The smallest absolute Gasteiger partial charge is 0.230 e. The van der Waals surface area contributed by atoms with E-state index in [1.165, 1.54) is 49.3 Å². The van der Waals surface area contributed by atoms with Crippen molar-refractivity contribution in [3.8, 4) is 0 Å². The van der Waals surface area contributed by atoms with E-state index >= 15 is 0 Å². The minimum absolute atomic E-state index is 0.900. The van der Waals surface area contributed by atoms with Gasteiger partial charge in [0.25, 0.3) is 0 Å². The van der Waals surface area contributed by atoms with Gasteiger partial charge in [0, 0.05) is 28.7 Å². The van der Waals surface area contributed by atoms with Crippen molar-refractivity contribution >= 4 is 34.0 Å². The molecule has 0 aliphatic heterocycles. The maximum Gasteiger partial charge on any atom is 0.335 e. The van der Waals surface area contributed by atoms with Crippen LogP contribution in [0.1, 0.15) is 45.4 Å². The molecule has 0 aliphatic carbocycles. The molecule has 21 heavy (non-hydrogen) atoms. The number of hydrogen-bond donors (Lipinski definition) is 0. The van der Waals surface area contributed by atoms with Crippen molar-refractivity contribution < 1.29 is 4.57 Å². The van der Waals surface area contributed by atoms with Gasteiger partial charge in [-0.2, -0.15) is 0 Å². The van der Waals surface area contributed by atoms with Crippen LogP contribution >= 0.6 is 12.2 Å². The quantitative estimate of drug-likeness (QED) is 0.282. The minimum Gasteiger partial charge on any atom is -0.230 e. The monoisotopic (exact) mass is 299 g/mol. The summed E-state index contributed by atoms with van der Waals surface area (Å²) < 4.78 is 2.20. The molecule has 0 saturated heterocycles. The topological polar surface area (TPSA) is 16.2 Å². The predicted octanol–water partition coefficient (Wildman–Crippen LogP) is 5.22. The summed E-state index contributed by atoms with van der Waals surface area (Å²) >= 11 is 4.77. The number of nitrogens with zero attached hydrogens (tertiary/aromatic N) is 2. The van der Waals surface area contributed by atoms with E-state index in [1.54, 1.807) is 0 Å². The van der Waals surface area contributed by atoms with Gasteiger partial charge in [0.05, 0.1) is 12.7 Å². The first-order valence-corrected chi connectivity index (χ1v) is 8.26. The number of pyridine rings is 1. The number of benzene rings is 1. The first-order chi connectivity index (χ1) is 10.3. The molecular weight excluding hydrogens is 276 g/mol. The van der Waals surface area contributed by atoms with Crippen LogP contribution in [0.2, 0.25) is 0 Å². The molecule has 0 radical (unpaired) electrons. The lowest BCUT2D eigenvalue weighted by Crippen LogP contribution is -2.33. The van der Waals surface area contributed by atoms with Crippen LogP contribution in [0.15, 0.2) is 41.5 Å². The molecule has 2 aromatic rings. The average Bonchev–Trinajstić information content (AvgIpc) is 2.51. The number of isothiocyanates is 1. The van der Waals surface area contributed by atoms with Crippen LogP contribution in [0.3, 0.4) is 0 Å². The van der Waals surface area contributed by atoms with Crippen molar-refractivity contribution in [2.75, 3.05) is 0 Å². The zero-order chi connectivity index (χ0) is 14.9. The van der Waals surface area contributed by atoms with Gasteiger partial charge in [-0.25, -0.2) is 4.57 Å². The number of fused-ring (bicyclic) bond motifs is 1. The van der Waals surface area contributed by atoms with Crippen molar-refractivity contribution in [1.82, 2.24) is 0 Å². The molecule has 3 heteroatoms. The van der Waals surface area contributed by atoms with Crippen LogP contribution in [-0.2, 0) is 6.54 Å². The van der Waals surface area contributed by atoms with E-state index in [-0.39, 0.29) is 0 Å². The Morgan fingerprint density at radius 3 is 2.52 bits per heavy atom. The van der Waals surface area contributed by atoms with Crippen molar-refractivity contribution in [1.29, 1.82) is 0 Å². The van der Waals surface area contributed by atoms with Gasteiger partial charge in [0.15, 0.2) is 0 Å². The van der Waals surface area contributed by atoms with Gasteiger partial charge in [-0.05, 0) is 18.2 Å². The number of rotatable bonds is 8. The van der Waals surface area contributed by atoms with Gasteiger partial charge in [-0.3, -0.25) is 0 Å². The van der Waals surface area contributed by atoms with Crippen LogP contribution in [0, 0.1) is 0 Å². The summed E-state index contributed by atoms with van der Waals surface area (Å²) in [5.41, 5.74) is 0. The summed E-state index contributed by atoms with van der Waals surface area (Å²) in [4.78, 5) is 4.21. The molecule has 2 nitrogen and oxygen atoms in total. The highest BCUT2D eigenvalue weighted by molar-refractivity contribution is 7.78. The lowest BCUT2D eigenvalue weighted by molar-refractivity contribution is -0.683. The summed E-state index contributed by atoms with van der Waals surface area (Å²) in [6.45, 7) is 3.24. The van der Waals surface area contributed by atoms with Crippen molar-refractivity contribution in [3.05, 3.63) is 36.5 Å². The molecule has 0 saturated carbocycles. The third-order valence-corrected chi connectivity index (χ3v) is 3.87. The number of unbranched alkanes of at least 4 members (excludes halogenated alkanes) is 5. The van der Waals surface area contributed by atoms with Gasteiger partial charge >= 0.3 is 5.82 Å². The van der Waals surface area contributed by atoms with Crippen LogP contribution in [0.25, 0.3) is 10.8 Å². The van der Waals surface area contributed by atoms with E-state index in [0.717, 1.165) is 12.4 Å². The standard InChI is InChI=1S/C18H23N2S/c1-2-3-4-5-6-9-12-20-14-17-11-8-7-10-16(17)13-18(20)19-15-21/h7-8,10-11,13-14H,2-6,9,12H2,1H3/q+1. The zero-order valence-electron chi connectivity index (χ0n) is 12.7. The predicted molar refractivity (Wildman–Crippen MR) is 92.2 cm³/mol. The molecule has 0 atom stereocenters. The molecular formula is C18H23N2S+. The Morgan fingerprint density at radius 1 is 1.05 bits per heavy atom. The second kappa shape index (κ2) is 8.66. The summed E-state index contributed by atoms with van der Waals surface area (Å²) in [5.74, 6) is 0.900. The molecule has 0 unspecified atom stereocenters. The lowest BCUT2D eigenvalue weighted by Gasteiger charge is -2.04. The number of hydrogen-bond acceptors (Lipinski definition) is 2. The van der Waals surface area contributed by atoms with E-state index in [9.17, 15) is 0 Å². The largest absolute Gasteiger partial charge is 0.335 e. The molecule has 0 aliphatic rings. The molecule has 1 heterocycles. The normalized spacial score (nSPS) is 10.5. The highest BCUT2D eigenvalue weighted by Gasteiger charge is 2.10. The van der Waals surface area contributed by atoms with Crippen LogP contribution in [0.4, 0.5) is 5.82 Å². The fraction of sp³-hybridized carbons (Fsp3) is 0.444. The Morgan fingerprint density at radius 2 is 1.76 bits per heavy atom. The summed E-state index contributed by atoms with van der Waals surface area (Å²) in [7, 11) is 0. The maximum absolute atomic E-state index is 4.77. The van der Waals surface area contributed by atoms with Crippen LogP contribution in [-0.4, -0.2) is 5.16 Å². The van der Waals surface area contributed by atoms with E-state index in [1.807, 2.05) is 6.07 Å². The Hall–Kier alpha value is -1.57. The van der Waals surface area contributed by atoms with E-state index in [2.05, 4.69) is 52.1 Å². The number of aromatic nitrogens is 1. The summed E-state index contributed by atoms with van der Waals surface area (Å²) in [5, 5.41) is 4.93. The van der Waals surface area contributed by atoms with Gasteiger partial charge in [-0.15, -0.1) is 0 Å². The third-order valence-electron chi connectivity index (χ3n) is 3.78. The Kier molecular flexibility index (Phi) is 6.52. The highest BCUT2D eigenvalue weighted by Crippen LogP contribution is 2.17. The molecule has 0 fully saturated rings. The van der Waals surface area contributed by atoms with Crippen molar-refractivity contribution in [2.24, 2.45) is 4.99 Å². The molecule has 0 amide bonds. The maximum atomic E-state index is 4.77. The Bertz CT molecular complexity index is 630. The van der Waals surface area contributed by atoms with Crippen molar-refractivity contribution in [3.63, 3.8) is 0 Å². The third kappa shape index (κ3) is 4.73. The molecule has 1 aromatic carbocycles. The summed E-state index contributed by atoms with van der Waals surface area (Å²) in [6, 6.07) is 10.4. The molecule has 0 N–H and O–H groups in total. The number of aryl methyl sites for hydroxylation is 1. The fourth-order valence-corrected chi connectivity index (χ4v) is 2.69. The van der Waals surface area contributed by atoms with Gasteiger partial charge in [0.1, 0.15) is 0 Å². The molecule has 110 valence electrons. The molecule has 1 aromatic heterocycles. The zero-order valence-corrected chi connectivity index (χ0v) is 13.5. The summed E-state index contributed by atoms with van der Waals surface area (Å²) in [6.07, 6.45) is 9.97. The first kappa shape index (κ1) is 15.8. The molecule has 0 bridgehead atoms. The Balaban J connectivity index is 2.06. The second-order valence-electron chi connectivity index (χ2n) is 5.42. The lowest BCUT2D eigenvalue weighted by atomic mass is 10.1. The number of aliphatic imine (C=N–C) groups is 1. The first-order valence-electron chi connectivity index (χ1n) is 7.85. The van der Waals surface area contributed by atoms with Crippen molar-refractivity contribution in [2.45, 2.75) is 52.0 Å². The molecule has 0 spiro atoms. The van der Waals surface area contributed by atoms with Gasteiger partial charge in [-0.1, -0.05) is 56.9 Å². The SMILES string of the molecule is CCCCCCCC[n+]1cc2ccccc2cc1N=C=S. The number of thiocarbonyl (C=S) groups is 1. The van der Waals surface area contributed by atoms with Crippen LogP contribution < -0.4 is 4.57 Å². The van der Waals surface area contributed by atoms with Gasteiger partial charge < -0.3 is 0 Å². The molecule has 2 rings (SSSR count). The fourth-order valence-electron chi connectivity index (χ4n) is 2.60. The van der Waals surface area contributed by atoms with E-state index in [0.29, 0.717) is 0 Å². The van der Waals surface area contributed by atoms with E-state index in [4.69, 9.17) is 12.2 Å². The minimum atomic E-state index is 0.900. The average molecular weight is 299 g/mol. The second-order valence-corrected chi connectivity index (χ2v) is 5.61. The van der Waals surface area contributed by atoms with Gasteiger partial charge in [0.2, 0.25) is 5.16 Å². The highest BCUT2D eigenvalue weighted by atomic mass is 32.1.